The number of aromatic amines is 2. The number of benzene rings is 2. The molecule has 6 rings (SSSR count). The number of nitrogens with zero attached hydrogens (tertiary/aromatic N) is 3. The number of hydrogen-bond acceptors (Lipinski definition) is 6. The molecule has 36 heavy (non-hydrogen) atoms. The number of H-pyrrole nitrogens is 2. The summed E-state index contributed by atoms with van der Waals surface area (Å²) < 4.78 is 5.70. The molecule has 0 spiro atoms. The lowest BCUT2D eigenvalue weighted by molar-refractivity contribution is 0.615. The molecule has 0 saturated heterocycles. The summed E-state index contributed by atoms with van der Waals surface area (Å²) in [5.41, 5.74) is 8.07. The van der Waals surface area contributed by atoms with Crippen molar-refractivity contribution in [2.45, 2.75) is 19.9 Å². The van der Waals surface area contributed by atoms with Crippen LogP contribution in [-0.2, 0) is 0 Å². The molecule has 4 heterocycles. The third kappa shape index (κ3) is 4.09. The van der Waals surface area contributed by atoms with Gasteiger partial charge in [-0.15, -0.1) is 0 Å². The van der Waals surface area contributed by atoms with E-state index in [1.54, 1.807) is 12.5 Å². The van der Waals surface area contributed by atoms with Gasteiger partial charge < -0.3 is 20.0 Å². The van der Waals surface area contributed by atoms with Gasteiger partial charge in [0.2, 0.25) is 0 Å². The Morgan fingerprint density at radius 2 is 1.81 bits per heavy atom. The zero-order valence-electron chi connectivity index (χ0n) is 20.0. The molecule has 4 N–H and O–H groups in total. The van der Waals surface area contributed by atoms with Crippen LogP contribution in [0.1, 0.15) is 19.5 Å². The molecule has 0 aliphatic rings. The number of furan rings is 1. The van der Waals surface area contributed by atoms with Gasteiger partial charge in [0, 0.05) is 46.0 Å². The van der Waals surface area contributed by atoms with Gasteiger partial charge in [0.25, 0.3) is 0 Å². The summed E-state index contributed by atoms with van der Waals surface area (Å²) in [5, 5.41) is 14.7. The van der Waals surface area contributed by atoms with E-state index in [-0.39, 0.29) is 0 Å². The van der Waals surface area contributed by atoms with Crippen molar-refractivity contribution in [1.29, 1.82) is 0 Å². The first-order valence-electron chi connectivity index (χ1n) is 11.7. The summed E-state index contributed by atoms with van der Waals surface area (Å²) in [6.45, 7) is 8.33. The summed E-state index contributed by atoms with van der Waals surface area (Å²) in [6.07, 6.45) is 5.29. The average Bonchev–Trinajstić information content (AvgIpc) is 3.64. The number of anilines is 2. The monoisotopic (exact) mass is 475 g/mol. The fraction of sp³-hybridized carbons (Fsp3) is 0.107. The van der Waals surface area contributed by atoms with Gasteiger partial charge >= 0.3 is 0 Å². The van der Waals surface area contributed by atoms with Crippen LogP contribution in [0.25, 0.3) is 50.2 Å². The Labute approximate surface area is 207 Å². The molecule has 0 amide bonds. The largest absolute Gasteiger partial charge is 0.459 e. The Hall–Kier alpha value is -4.85. The minimum atomic E-state index is 0.308. The first kappa shape index (κ1) is 21.7. The Morgan fingerprint density at radius 1 is 0.972 bits per heavy atom. The molecule has 8 nitrogen and oxygen atoms in total. The van der Waals surface area contributed by atoms with Crippen LogP contribution in [0.15, 0.2) is 84.3 Å². The lowest BCUT2D eigenvalue weighted by Crippen LogP contribution is -2.20. The second-order valence-corrected chi connectivity index (χ2v) is 8.98. The van der Waals surface area contributed by atoms with Crippen molar-refractivity contribution >= 4 is 39.2 Å². The quantitative estimate of drug-likeness (QED) is 0.211. The van der Waals surface area contributed by atoms with E-state index in [2.05, 4.69) is 64.4 Å². The number of aromatic nitrogens is 5. The van der Waals surface area contributed by atoms with Crippen molar-refractivity contribution < 1.29 is 4.42 Å². The molecule has 0 radical (unpaired) electrons. The highest BCUT2D eigenvalue weighted by Crippen LogP contribution is 2.30. The van der Waals surface area contributed by atoms with Crippen LogP contribution >= 0.6 is 0 Å². The number of hydrogen-bond donors (Lipinski definition) is 4. The fourth-order valence-electron chi connectivity index (χ4n) is 4.22. The summed E-state index contributed by atoms with van der Waals surface area (Å²) in [7, 11) is 0. The molecule has 0 saturated carbocycles. The molecule has 0 fully saturated rings. The van der Waals surface area contributed by atoms with Crippen molar-refractivity contribution in [2.75, 3.05) is 5.32 Å². The van der Waals surface area contributed by atoms with Gasteiger partial charge in [0.05, 0.1) is 23.9 Å². The minimum Gasteiger partial charge on any atom is -0.459 e. The summed E-state index contributed by atoms with van der Waals surface area (Å²) in [5.74, 6) is 1.22. The van der Waals surface area contributed by atoms with Gasteiger partial charge in [-0.05, 0) is 43.7 Å². The number of nitrogens with one attached hydrogen (secondary N) is 4. The minimum absolute atomic E-state index is 0.308. The van der Waals surface area contributed by atoms with Crippen LogP contribution < -0.4 is 10.6 Å². The first-order chi connectivity index (χ1) is 17.5. The first-order valence-corrected chi connectivity index (χ1v) is 11.7. The van der Waals surface area contributed by atoms with E-state index in [1.807, 2.05) is 42.6 Å². The van der Waals surface area contributed by atoms with Crippen LogP contribution in [-0.4, -0.2) is 31.2 Å². The van der Waals surface area contributed by atoms with Gasteiger partial charge in [-0.25, -0.2) is 9.97 Å². The van der Waals surface area contributed by atoms with Crippen LogP contribution in [0.4, 0.5) is 11.5 Å². The molecular weight excluding hydrogens is 450 g/mol. The number of fused-ring (bicyclic) bond motifs is 2. The normalized spacial score (nSPS) is 11.4. The molecule has 0 aliphatic heterocycles. The summed E-state index contributed by atoms with van der Waals surface area (Å²) >= 11 is 0. The van der Waals surface area contributed by atoms with E-state index in [0.717, 1.165) is 50.2 Å². The predicted molar refractivity (Wildman–Crippen MR) is 144 cm³/mol. The Bertz CT molecular complexity index is 1670. The second kappa shape index (κ2) is 8.74. The summed E-state index contributed by atoms with van der Waals surface area (Å²) in [4.78, 5) is 13.0. The van der Waals surface area contributed by atoms with Gasteiger partial charge in [-0.3, -0.25) is 5.10 Å². The maximum atomic E-state index is 5.70. The van der Waals surface area contributed by atoms with E-state index in [0.29, 0.717) is 23.3 Å². The van der Waals surface area contributed by atoms with Gasteiger partial charge in [-0.2, -0.15) is 5.10 Å². The molecule has 0 bridgehead atoms. The van der Waals surface area contributed by atoms with Crippen molar-refractivity contribution in [2.24, 2.45) is 0 Å². The van der Waals surface area contributed by atoms with Crippen molar-refractivity contribution in [3.05, 3.63) is 85.5 Å². The van der Waals surface area contributed by atoms with E-state index in [1.165, 1.54) is 0 Å². The average molecular weight is 476 g/mol. The van der Waals surface area contributed by atoms with Crippen LogP contribution in [0, 0.1) is 0 Å². The zero-order valence-corrected chi connectivity index (χ0v) is 20.0. The molecule has 178 valence electrons. The maximum absolute atomic E-state index is 5.70. The van der Waals surface area contributed by atoms with Crippen molar-refractivity contribution in [3.63, 3.8) is 0 Å². The van der Waals surface area contributed by atoms with Gasteiger partial charge in [0.15, 0.2) is 17.2 Å². The fourth-order valence-corrected chi connectivity index (χ4v) is 4.22. The van der Waals surface area contributed by atoms with Crippen molar-refractivity contribution in [3.8, 4) is 22.5 Å². The molecule has 0 aliphatic carbocycles. The summed E-state index contributed by atoms with van der Waals surface area (Å²) in [6, 6.07) is 18.5. The molecular formula is C28H25N7O. The Balaban J connectivity index is 1.33. The van der Waals surface area contributed by atoms with Gasteiger partial charge in [-0.1, -0.05) is 30.8 Å². The highest BCUT2D eigenvalue weighted by atomic mass is 16.3. The van der Waals surface area contributed by atoms with E-state index >= 15 is 0 Å². The zero-order chi connectivity index (χ0) is 24.6. The molecule has 6 aromatic rings. The van der Waals surface area contributed by atoms with Crippen LogP contribution in [0.5, 0.6) is 0 Å². The van der Waals surface area contributed by atoms with Crippen LogP contribution in [0.3, 0.4) is 0 Å². The highest BCUT2D eigenvalue weighted by molar-refractivity contribution is 5.90. The second-order valence-electron chi connectivity index (χ2n) is 8.98. The van der Waals surface area contributed by atoms with Crippen LogP contribution in [0.2, 0.25) is 0 Å². The number of rotatable bonds is 7. The molecule has 4 aromatic heterocycles. The van der Waals surface area contributed by atoms with E-state index in [4.69, 9.17) is 14.4 Å². The molecule has 2 aromatic carbocycles. The Kier molecular flexibility index (Phi) is 5.26. The smallest absolute Gasteiger partial charge is 0.194 e. The highest BCUT2D eigenvalue weighted by Gasteiger charge is 2.14. The third-order valence-electron chi connectivity index (χ3n) is 5.95. The topological polar surface area (TPSA) is 107 Å². The third-order valence-corrected chi connectivity index (χ3v) is 5.95. The molecule has 8 heteroatoms. The van der Waals surface area contributed by atoms with Crippen molar-refractivity contribution in [1.82, 2.24) is 30.5 Å². The molecule has 0 unspecified atom stereocenters. The standard InChI is InChI=1S/C28H25N7O/c1-16(2)31-17(3)24-12-19-4-5-20(13-25(19)33-24)27-34-23-10-11-36-26(23)28(35-27)32-22-8-6-18(7-9-22)21-14-29-30-15-21/h4-16,31,33H,3H2,1-2H3,(H,29,30)(H,32,34,35). The molecule has 0 atom stereocenters. The van der Waals surface area contributed by atoms with E-state index < -0.39 is 0 Å². The lowest BCUT2D eigenvalue weighted by Gasteiger charge is -2.10. The van der Waals surface area contributed by atoms with Gasteiger partial charge in [0.1, 0.15) is 5.52 Å². The SMILES string of the molecule is C=C(NC(C)C)c1cc2ccc(-c3nc(Nc4ccc(-c5cn[nH]c5)cc4)c4occc4n3)cc2[nH]1. The lowest BCUT2D eigenvalue weighted by atomic mass is 10.1. The predicted octanol–water partition coefficient (Wildman–Crippen LogP) is 6.47. The maximum Gasteiger partial charge on any atom is 0.194 e. The van der Waals surface area contributed by atoms with E-state index in [9.17, 15) is 0 Å². The Morgan fingerprint density at radius 3 is 2.58 bits per heavy atom.